The van der Waals surface area contributed by atoms with Gasteiger partial charge in [0.05, 0.1) is 0 Å². The van der Waals surface area contributed by atoms with Gasteiger partial charge in [0.1, 0.15) is 0 Å². The van der Waals surface area contributed by atoms with Crippen molar-refractivity contribution in [1.29, 1.82) is 0 Å². The molecule has 1 unspecified atom stereocenters. The molecule has 0 saturated carbocycles. The molecular formula is C9H21FN3PTe. The zero-order chi connectivity index (χ0) is 12.4. The van der Waals surface area contributed by atoms with Crippen molar-refractivity contribution < 1.29 is 4.20 Å². The summed E-state index contributed by atoms with van der Waals surface area (Å²) in [5, 5.41) is -0.394. The molecule has 6 heteroatoms. The van der Waals surface area contributed by atoms with E-state index in [0.717, 1.165) is 0 Å². The topological polar surface area (TPSA) is 18.8 Å². The van der Waals surface area contributed by atoms with E-state index in [-0.39, 0.29) is 0 Å². The standard InChI is InChI=1S/C9H21FN3PTe/c1-9(2,3)14(10,15)11-8(12(4)5)13(6)7/h1-7H3. The van der Waals surface area contributed by atoms with E-state index in [2.05, 4.69) is 4.76 Å². The number of hydrogen-bond donors (Lipinski definition) is 0. The number of guanidine groups is 1. The molecule has 15 heavy (non-hydrogen) atoms. The molecule has 90 valence electrons. The Morgan fingerprint density at radius 1 is 1.13 bits per heavy atom. The Kier molecular flexibility index (Phi) is 5.31. The van der Waals surface area contributed by atoms with Crippen molar-refractivity contribution in [2.75, 3.05) is 28.2 Å². The first-order chi connectivity index (χ1) is 6.49. The summed E-state index contributed by atoms with van der Waals surface area (Å²) >= 11 is 1.54. The van der Waals surface area contributed by atoms with Gasteiger partial charge in [-0.2, -0.15) is 0 Å². The molecule has 0 aliphatic carbocycles. The Morgan fingerprint density at radius 2 is 1.47 bits per heavy atom. The third kappa shape index (κ3) is 4.43. The van der Waals surface area contributed by atoms with Crippen LogP contribution in [0.4, 0.5) is 4.20 Å². The van der Waals surface area contributed by atoms with E-state index >= 15 is 0 Å². The molecule has 0 fully saturated rings. The minimum absolute atomic E-state index is 0.394. The summed E-state index contributed by atoms with van der Waals surface area (Å²) in [7, 11) is 7.51. The van der Waals surface area contributed by atoms with Gasteiger partial charge in [-0.3, -0.25) is 0 Å². The molecule has 0 aromatic rings. The maximum absolute atomic E-state index is 14.4. The van der Waals surface area contributed by atoms with Gasteiger partial charge >= 0.3 is 105 Å². The maximum atomic E-state index is 14.4. The second kappa shape index (κ2) is 5.17. The number of nitrogens with zero attached hydrogens (tertiary/aromatic N) is 3. The molecular weight excluding hydrogens is 328 g/mol. The zero-order valence-corrected chi connectivity index (χ0v) is 13.8. The molecule has 0 aliphatic heterocycles. The normalized spacial score (nSPS) is 15.5. The van der Waals surface area contributed by atoms with E-state index in [9.17, 15) is 4.20 Å². The summed E-state index contributed by atoms with van der Waals surface area (Å²) in [4.78, 5) is 0.901. The molecule has 0 aromatic heterocycles. The molecule has 0 spiro atoms. The Hall–Kier alpha value is 0.420. The van der Waals surface area contributed by atoms with Gasteiger partial charge < -0.3 is 0 Å². The Morgan fingerprint density at radius 3 is 1.67 bits per heavy atom. The van der Waals surface area contributed by atoms with Crippen LogP contribution in [0, 0.1) is 0 Å². The van der Waals surface area contributed by atoms with Gasteiger partial charge in [0.15, 0.2) is 0 Å². The predicted octanol–water partition coefficient (Wildman–Crippen LogP) is 2.16. The molecule has 0 bridgehead atoms. The molecule has 0 N–H and O–H groups in total. The van der Waals surface area contributed by atoms with Crippen molar-refractivity contribution in [3.05, 3.63) is 0 Å². The Labute approximate surface area is 105 Å². The van der Waals surface area contributed by atoms with Gasteiger partial charge in [-0.05, 0) is 0 Å². The van der Waals surface area contributed by atoms with Crippen molar-refractivity contribution in [3.8, 4) is 0 Å². The minimum atomic E-state index is -2.78. The molecule has 0 heterocycles. The predicted molar refractivity (Wildman–Crippen MR) is 68.3 cm³/mol. The van der Waals surface area contributed by atoms with Gasteiger partial charge in [-0.1, -0.05) is 0 Å². The van der Waals surface area contributed by atoms with Crippen molar-refractivity contribution in [2.45, 2.75) is 25.9 Å². The first-order valence-corrected chi connectivity index (χ1v) is 9.41. The quantitative estimate of drug-likeness (QED) is 0.313. The molecule has 0 radical (unpaired) electrons. The molecule has 3 nitrogen and oxygen atoms in total. The van der Waals surface area contributed by atoms with Crippen LogP contribution >= 0.6 is 4.95 Å². The van der Waals surface area contributed by atoms with Crippen molar-refractivity contribution in [2.24, 2.45) is 4.76 Å². The van der Waals surface area contributed by atoms with E-state index in [4.69, 9.17) is 0 Å². The summed E-state index contributed by atoms with van der Waals surface area (Å²) in [5.41, 5.74) is 0. The van der Waals surface area contributed by atoms with E-state index in [1.165, 1.54) is 0 Å². The van der Waals surface area contributed by atoms with E-state index in [1.807, 2.05) is 58.8 Å². The van der Waals surface area contributed by atoms with Gasteiger partial charge in [-0.25, -0.2) is 0 Å². The van der Waals surface area contributed by atoms with Gasteiger partial charge in [0, 0.05) is 0 Å². The van der Waals surface area contributed by atoms with E-state index in [0.29, 0.717) is 5.96 Å². The summed E-state index contributed by atoms with van der Waals surface area (Å²) in [5.74, 6) is 0.686. The summed E-state index contributed by atoms with van der Waals surface area (Å²) < 4.78 is 18.7. The molecule has 0 aromatic carbocycles. The van der Waals surface area contributed by atoms with Crippen molar-refractivity contribution in [1.82, 2.24) is 9.80 Å². The van der Waals surface area contributed by atoms with Gasteiger partial charge in [-0.15, -0.1) is 0 Å². The van der Waals surface area contributed by atoms with Crippen LogP contribution in [0.25, 0.3) is 0 Å². The van der Waals surface area contributed by atoms with Crippen molar-refractivity contribution in [3.63, 3.8) is 0 Å². The summed E-state index contributed by atoms with van der Waals surface area (Å²) in [6.07, 6.45) is 0. The van der Waals surface area contributed by atoms with E-state index in [1.54, 1.807) is 21.2 Å². The number of rotatable bonds is 1. The van der Waals surface area contributed by atoms with Crippen LogP contribution < -0.4 is 0 Å². The fourth-order valence-electron chi connectivity index (χ4n) is 0.844. The Bertz CT molecular complexity index is 284. The summed E-state index contributed by atoms with van der Waals surface area (Å²) in [6.45, 7) is 5.70. The van der Waals surface area contributed by atoms with Crippen LogP contribution in [-0.2, 0) is 0 Å². The molecule has 0 amide bonds. The number of halogens is 1. The first-order valence-electron chi connectivity index (χ1n) is 4.73. The second-order valence-electron chi connectivity index (χ2n) is 4.86. The SMILES string of the molecule is CN(C)C(=NP(F)(=[Te])C(C)(C)C)N(C)C. The van der Waals surface area contributed by atoms with E-state index < -0.39 is 10.1 Å². The van der Waals surface area contributed by atoms with Crippen molar-refractivity contribution >= 4 is 32.1 Å². The van der Waals surface area contributed by atoms with Gasteiger partial charge in [0.2, 0.25) is 0 Å². The second-order valence-corrected chi connectivity index (χ2v) is 11.6. The number of hydrogen-bond acceptors (Lipinski definition) is 1. The fraction of sp³-hybridized carbons (Fsp3) is 0.889. The van der Waals surface area contributed by atoms with Crippen LogP contribution in [0.3, 0.4) is 0 Å². The first kappa shape index (κ1) is 15.4. The van der Waals surface area contributed by atoms with Crippen LogP contribution in [0.1, 0.15) is 20.8 Å². The van der Waals surface area contributed by atoms with Crippen LogP contribution in [-0.4, -0.2) is 70.3 Å². The fourth-order valence-corrected chi connectivity index (χ4v) is 2.36. The Balaban J connectivity index is 5.25. The third-order valence-corrected chi connectivity index (χ3v) is 9.33. The molecule has 0 rings (SSSR count). The van der Waals surface area contributed by atoms with Crippen LogP contribution in [0.15, 0.2) is 4.76 Å². The monoisotopic (exact) mass is 351 g/mol. The third-order valence-electron chi connectivity index (χ3n) is 1.85. The van der Waals surface area contributed by atoms with Crippen LogP contribution in [0.5, 0.6) is 0 Å². The average molecular weight is 349 g/mol. The zero-order valence-electron chi connectivity index (χ0n) is 10.6. The van der Waals surface area contributed by atoms with Gasteiger partial charge in [0.25, 0.3) is 0 Å². The van der Waals surface area contributed by atoms with Crippen LogP contribution in [0.2, 0.25) is 0 Å². The molecule has 1 atom stereocenters. The summed E-state index contributed by atoms with van der Waals surface area (Å²) in [6, 6.07) is 0. The average Bonchev–Trinajstić information content (AvgIpc) is 1.96. The molecule has 0 aliphatic rings. The molecule has 0 saturated heterocycles.